The fourth-order valence-electron chi connectivity index (χ4n) is 3.08. The fraction of sp³-hybridized carbons (Fsp3) is 0.105. The molecule has 0 fully saturated rings. The van der Waals surface area contributed by atoms with Gasteiger partial charge in [-0.05, 0) is 23.9 Å². The van der Waals surface area contributed by atoms with Gasteiger partial charge in [-0.25, -0.2) is 4.57 Å². The van der Waals surface area contributed by atoms with Crippen molar-refractivity contribution >= 4 is 21.7 Å². The molecule has 4 rings (SSSR count). The molecule has 0 radical (unpaired) electrons. The monoisotopic (exact) mass is 286 g/mol. The van der Waals surface area contributed by atoms with Gasteiger partial charge >= 0.3 is 0 Å². The molecule has 0 saturated carbocycles. The van der Waals surface area contributed by atoms with Crippen molar-refractivity contribution in [1.29, 1.82) is 0 Å². The molecule has 0 amide bonds. The molecule has 0 saturated heterocycles. The molecule has 3 heteroatoms. The second kappa shape index (κ2) is 4.88. The van der Waals surface area contributed by atoms with Crippen LogP contribution in [0.3, 0.4) is 0 Å². The second-order valence-corrected chi connectivity index (χ2v) is 5.57. The molecule has 4 aromatic rings. The standard InChI is InChI=1S/C19H16N3/c1-13-7-8-14-15-5-3-4-6-17(15)21-11-16(14)19(13)18-9-10-20-12-22(18)2/h3-12H,1-2H3/q+1. The summed E-state index contributed by atoms with van der Waals surface area (Å²) in [4.78, 5) is 8.82. The first-order valence-corrected chi connectivity index (χ1v) is 7.33. The number of nitrogens with zero attached hydrogens (tertiary/aromatic N) is 3. The summed E-state index contributed by atoms with van der Waals surface area (Å²) >= 11 is 0. The van der Waals surface area contributed by atoms with Gasteiger partial charge in [0.15, 0.2) is 0 Å². The third-order valence-corrected chi connectivity index (χ3v) is 4.18. The first kappa shape index (κ1) is 12.9. The molecule has 3 nitrogen and oxygen atoms in total. The van der Waals surface area contributed by atoms with Crippen LogP contribution in [-0.4, -0.2) is 9.97 Å². The van der Waals surface area contributed by atoms with Crippen LogP contribution in [0.25, 0.3) is 32.9 Å². The summed E-state index contributed by atoms with van der Waals surface area (Å²) in [6, 6.07) is 14.7. The largest absolute Gasteiger partial charge is 0.286 e. The Hall–Kier alpha value is -2.81. The molecule has 0 N–H and O–H groups in total. The van der Waals surface area contributed by atoms with E-state index in [9.17, 15) is 0 Å². The van der Waals surface area contributed by atoms with E-state index in [0.29, 0.717) is 0 Å². The van der Waals surface area contributed by atoms with Gasteiger partial charge in [0.25, 0.3) is 6.33 Å². The SMILES string of the molecule is Cc1ccc2c(cnc3ccccc32)c1-c1ccnc[n+]1C. The molecule has 0 unspecified atom stereocenters. The van der Waals surface area contributed by atoms with Crippen LogP contribution in [0.15, 0.2) is 61.2 Å². The van der Waals surface area contributed by atoms with Gasteiger partial charge in [0, 0.05) is 28.6 Å². The van der Waals surface area contributed by atoms with Crippen LogP contribution in [0.1, 0.15) is 5.56 Å². The zero-order valence-corrected chi connectivity index (χ0v) is 12.6. The minimum atomic E-state index is 1.03. The molecule has 0 aliphatic heterocycles. The van der Waals surface area contributed by atoms with E-state index in [1.54, 1.807) is 0 Å². The molecule has 0 aliphatic carbocycles. The molecule has 0 spiro atoms. The van der Waals surface area contributed by atoms with E-state index >= 15 is 0 Å². The van der Waals surface area contributed by atoms with Crippen molar-refractivity contribution in [2.75, 3.05) is 0 Å². The van der Waals surface area contributed by atoms with Gasteiger partial charge < -0.3 is 0 Å². The third-order valence-electron chi connectivity index (χ3n) is 4.18. The predicted octanol–water partition coefficient (Wildman–Crippen LogP) is 3.58. The summed E-state index contributed by atoms with van der Waals surface area (Å²) in [5.74, 6) is 0. The summed E-state index contributed by atoms with van der Waals surface area (Å²) in [5, 5.41) is 3.61. The Labute approximate surface area is 128 Å². The number of aryl methyl sites for hydroxylation is 2. The van der Waals surface area contributed by atoms with E-state index in [4.69, 9.17) is 0 Å². The first-order valence-electron chi connectivity index (χ1n) is 7.33. The number of fused-ring (bicyclic) bond motifs is 3. The number of aromatic nitrogens is 3. The summed E-state index contributed by atoms with van der Waals surface area (Å²) in [6.45, 7) is 2.14. The van der Waals surface area contributed by atoms with Crippen LogP contribution in [-0.2, 0) is 7.05 Å². The highest BCUT2D eigenvalue weighted by Gasteiger charge is 2.14. The Bertz CT molecular complexity index is 1010. The van der Waals surface area contributed by atoms with Crippen molar-refractivity contribution in [2.24, 2.45) is 7.05 Å². The Morgan fingerprint density at radius 1 is 0.909 bits per heavy atom. The van der Waals surface area contributed by atoms with Crippen LogP contribution in [0.4, 0.5) is 0 Å². The van der Waals surface area contributed by atoms with Crippen molar-refractivity contribution in [2.45, 2.75) is 6.92 Å². The average Bonchev–Trinajstić information content (AvgIpc) is 2.55. The molecule has 22 heavy (non-hydrogen) atoms. The van der Waals surface area contributed by atoms with Crippen LogP contribution in [0.2, 0.25) is 0 Å². The maximum atomic E-state index is 4.64. The molecular weight excluding hydrogens is 270 g/mol. The molecule has 0 aliphatic rings. The lowest BCUT2D eigenvalue weighted by Crippen LogP contribution is -2.31. The summed E-state index contributed by atoms with van der Waals surface area (Å²) in [6.07, 6.45) is 5.66. The number of hydrogen-bond donors (Lipinski definition) is 0. The zero-order chi connectivity index (χ0) is 15.1. The number of rotatable bonds is 1. The highest BCUT2D eigenvalue weighted by Crippen LogP contribution is 2.32. The Kier molecular flexibility index (Phi) is 2.86. The minimum absolute atomic E-state index is 1.03. The van der Waals surface area contributed by atoms with Crippen molar-refractivity contribution < 1.29 is 4.57 Å². The molecular formula is C19H16N3+. The van der Waals surface area contributed by atoms with Crippen LogP contribution < -0.4 is 4.57 Å². The summed E-state index contributed by atoms with van der Waals surface area (Å²) in [5.41, 5.74) is 4.64. The highest BCUT2D eigenvalue weighted by atomic mass is 15.0. The highest BCUT2D eigenvalue weighted by molar-refractivity contribution is 6.10. The zero-order valence-electron chi connectivity index (χ0n) is 12.6. The van der Waals surface area contributed by atoms with E-state index in [1.165, 1.54) is 27.3 Å². The van der Waals surface area contributed by atoms with E-state index < -0.39 is 0 Å². The lowest BCUT2D eigenvalue weighted by molar-refractivity contribution is -0.663. The van der Waals surface area contributed by atoms with E-state index in [-0.39, 0.29) is 0 Å². The summed E-state index contributed by atoms with van der Waals surface area (Å²) < 4.78 is 2.05. The quantitative estimate of drug-likeness (QED) is 0.395. The maximum Gasteiger partial charge on any atom is 0.286 e. The molecule has 2 aromatic heterocycles. The first-order chi connectivity index (χ1) is 10.8. The number of benzene rings is 2. The normalized spacial score (nSPS) is 11.2. The smallest absolute Gasteiger partial charge is 0.256 e. The van der Waals surface area contributed by atoms with E-state index in [0.717, 1.165) is 11.2 Å². The van der Waals surface area contributed by atoms with Crippen molar-refractivity contribution in [1.82, 2.24) is 9.97 Å². The van der Waals surface area contributed by atoms with Gasteiger partial charge in [-0.3, -0.25) is 4.98 Å². The van der Waals surface area contributed by atoms with Gasteiger partial charge in [0.1, 0.15) is 11.9 Å². The molecule has 106 valence electrons. The Morgan fingerprint density at radius 3 is 2.64 bits per heavy atom. The van der Waals surface area contributed by atoms with E-state index in [1.807, 2.05) is 31.8 Å². The van der Waals surface area contributed by atoms with Crippen LogP contribution in [0.5, 0.6) is 0 Å². The maximum absolute atomic E-state index is 4.64. The molecule has 0 bridgehead atoms. The van der Waals surface area contributed by atoms with Gasteiger partial charge in [-0.1, -0.05) is 35.3 Å². The minimum Gasteiger partial charge on any atom is -0.256 e. The van der Waals surface area contributed by atoms with Crippen LogP contribution in [0, 0.1) is 6.92 Å². The molecule has 2 heterocycles. The van der Waals surface area contributed by atoms with Gasteiger partial charge in [0.05, 0.1) is 12.6 Å². The average molecular weight is 286 g/mol. The number of para-hydroxylation sites is 1. The van der Waals surface area contributed by atoms with Crippen LogP contribution >= 0.6 is 0 Å². The van der Waals surface area contributed by atoms with Crippen molar-refractivity contribution in [3.05, 3.63) is 66.7 Å². The fourth-order valence-corrected chi connectivity index (χ4v) is 3.08. The molecule has 2 aromatic carbocycles. The van der Waals surface area contributed by atoms with Crippen molar-refractivity contribution in [3.63, 3.8) is 0 Å². The Morgan fingerprint density at radius 2 is 1.77 bits per heavy atom. The number of pyridine rings is 1. The topological polar surface area (TPSA) is 29.7 Å². The summed E-state index contributed by atoms with van der Waals surface area (Å²) in [7, 11) is 2.02. The Balaban J connectivity index is 2.17. The molecule has 0 atom stereocenters. The van der Waals surface area contributed by atoms with Gasteiger partial charge in [-0.15, -0.1) is 0 Å². The van der Waals surface area contributed by atoms with Gasteiger partial charge in [-0.2, -0.15) is 0 Å². The lowest BCUT2D eigenvalue weighted by Gasteiger charge is -2.11. The predicted molar refractivity (Wildman–Crippen MR) is 88.4 cm³/mol. The van der Waals surface area contributed by atoms with E-state index in [2.05, 4.69) is 57.9 Å². The third kappa shape index (κ3) is 1.86. The number of hydrogen-bond acceptors (Lipinski definition) is 2. The van der Waals surface area contributed by atoms with Gasteiger partial charge in [0.2, 0.25) is 0 Å². The van der Waals surface area contributed by atoms with Crippen molar-refractivity contribution in [3.8, 4) is 11.3 Å². The lowest BCUT2D eigenvalue weighted by atomic mass is 9.96. The second-order valence-electron chi connectivity index (χ2n) is 5.57.